The van der Waals surface area contributed by atoms with Crippen molar-refractivity contribution >= 4 is 70.7 Å². The summed E-state index contributed by atoms with van der Waals surface area (Å²) < 4.78 is 0. The van der Waals surface area contributed by atoms with Gasteiger partial charge in [0.05, 0.1) is 45.9 Å². The highest BCUT2D eigenvalue weighted by molar-refractivity contribution is 5.86. The minimum absolute atomic E-state index is 0. The highest BCUT2D eigenvalue weighted by Gasteiger charge is 2.02. The smallest absolute Gasteiger partial charge is 0.149 e. The Labute approximate surface area is 220 Å². The molecule has 0 unspecified atom stereocenters. The topological polar surface area (TPSA) is 82.1 Å². The van der Waals surface area contributed by atoms with Crippen LogP contribution < -0.4 is 0 Å². The van der Waals surface area contributed by atoms with Gasteiger partial charge in [-0.15, -0.1) is 24.8 Å². The molecule has 0 saturated heterocycles. The minimum atomic E-state index is 0. The van der Waals surface area contributed by atoms with E-state index in [9.17, 15) is 0 Å². The SMILES string of the molecule is C(=Nc1ccc(-c2ccc(N=Cc3nc4ccccc4[nH]3)cc2)cc1)c1nc2ccccc2[nH]1.Cl.Cl. The van der Waals surface area contributed by atoms with E-state index in [-0.39, 0.29) is 24.8 Å². The van der Waals surface area contributed by atoms with Crippen LogP contribution in [0.2, 0.25) is 0 Å². The number of halogens is 2. The Bertz CT molecular complexity index is 1460. The Hall–Kier alpha value is -4.26. The summed E-state index contributed by atoms with van der Waals surface area (Å²) in [5, 5.41) is 0. The molecule has 0 amide bonds. The maximum Gasteiger partial charge on any atom is 0.149 e. The third kappa shape index (κ3) is 5.35. The molecule has 0 bridgehead atoms. The normalized spacial score (nSPS) is 11.2. The molecular weight excluding hydrogens is 491 g/mol. The number of aliphatic imine (C=N–C) groups is 2. The fourth-order valence-corrected chi connectivity index (χ4v) is 3.82. The lowest BCUT2D eigenvalue weighted by Crippen LogP contribution is -1.83. The van der Waals surface area contributed by atoms with Gasteiger partial charge >= 0.3 is 0 Å². The summed E-state index contributed by atoms with van der Waals surface area (Å²) in [6.45, 7) is 0. The molecule has 6 rings (SSSR count). The van der Waals surface area contributed by atoms with Crippen molar-refractivity contribution in [1.82, 2.24) is 19.9 Å². The number of aromatic amines is 2. The van der Waals surface area contributed by atoms with E-state index in [1.807, 2.05) is 72.8 Å². The lowest BCUT2D eigenvalue weighted by Gasteiger charge is -2.03. The number of hydrogen-bond acceptors (Lipinski definition) is 4. The third-order valence-electron chi connectivity index (χ3n) is 5.56. The van der Waals surface area contributed by atoms with Crippen molar-refractivity contribution in [3.63, 3.8) is 0 Å². The first-order chi connectivity index (χ1) is 16.8. The summed E-state index contributed by atoms with van der Waals surface area (Å²) >= 11 is 0. The zero-order chi connectivity index (χ0) is 22.7. The summed E-state index contributed by atoms with van der Waals surface area (Å²) in [6.07, 6.45) is 3.51. The van der Waals surface area contributed by atoms with Crippen LogP contribution in [0, 0.1) is 0 Å². The Morgan fingerprint density at radius 1 is 0.500 bits per heavy atom. The van der Waals surface area contributed by atoms with E-state index in [1.165, 1.54) is 0 Å². The monoisotopic (exact) mass is 512 g/mol. The van der Waals surface area contributed by atoms with Crippen molar-refractivity contribution in [2.45, 2.75) is 0 Å². The Kier molecular flexibility index (Phi) is 7.59. The van der Waals surface area contributed by atoms with Crippen LogP contribution in [-0.2, 0) is 0 Å². The van der Waals surface area contributed by atoms with Crippen molar-refractivity contribution in [2.75, 3.05) is 0 Å². The lowest BCUT2D eigenvalue weighted by molar-refractivity contribution is 1.30. The average Bonchev–Trinajstić information content (AvgIpc) is 3.50. The highest BCUT2D eigenvalue weighted by atomic mass is 35.5. The van der Waals surface area contributed by atoms with E-state index in [0.717, 1.165) is 56.2 Å². The van der Waals surface area contributed by atoms with Gasteiger partial charge in [-0.25, -0.2) is 9.97 Å². The maximum atomic E-state index is 4.54. The molecule has 2 N–H and O–H groups in total. The Balaban J connectivity index is 0.00000152. The number of nitrogens with one attached hydrogen (secondary N) is 2. The Morgan fingerprint density at radius 2 is 0.889 bits per heavy atom. The molecule has 178 valence electrons. The molecule has 8 heteroatoms. The molecule has 0 aliphatic rings. The predicted octanol–water partition coefficient (Wildman–Crippen LogP) is 7.45. The van der Waals surface area contributed by atoms with Crippen LogP contribution >= 0.6 is 24.8 Å². The lowest BCUT2D eigenvalue weighted by atomic mass is 10.1. The van der Waals surface area contributed by atoms with E-state index >= 15 is 0 Å². The van der Waals surface area contributed by atoms with Crippen molar-refractivity contribution in [2.24, 2.45) is 9.98 Å². The van der Waals surface area contributed by atoms with Crippen LogP contribution in [0.15, 0.2) is 107 Å². The van der Waals surface area contributed by atoms with Crippen LogP contribution in [0.25, 0.3) is 33.2 Å². The first-order valence-electron chi connectivity index (χ1n) is 11.0. The minimum Gasteiger partial charge on any atom is -0.337 e. The van der Waals surface area contributed by atoms with Crippen LogP contribution in [0.3, 0.4) is 0 Å². The van der Waals surface area contributed by atoms with E-state index in [1.54, 1.807) is 12.4 Å². The van der Waals surface area contributed by atoms with Crippen LogP contribution in [0.5, 0.6) is 0 Å². The van der Waals surface area contributed by atoms with Gasteiger partial charge in [0.25, 0.3) is 0 Å². The van der Waals surface area contributed by atoms with Crippen LogP contribution in [0.1, 0.15) is 11.6 Å². The van der Waals surface area contributed by atoms with Crippen molar-refractivity contribution in [3.8, 4) is 11.1 Å². The number of fused-ring (bicyclic) bond motifs is 2. The second kappa shape index (κ2) is 11.0. The number of imidazole rings is 2. The summed E-state index contributed by atoms with van der Waals surface area (Å²) in [7, 11) is 0. The quantitative estimate of drug-likeness (QED) is 0.235. The predicted molar refractivity (Wildman–Crippen MR) is 153 cm³/mol. The highest BCUT2D eigenvalue weighted by Crippen LogP contribution is 2.25. The standard InChI is InChI=1S/C28H20N6.2ClH/c1-2-6-24-23(5-1)31-27(32-24)17-29-21-13-9-19(10-14-21)20-11-15-22(16-12-20)30-18-28-33-25-7-3-4-8-26(25)34-28;;/h1-18H,(H,31,32)(H,33,34);2*1H. The molecule has 2 aromatic heterocycles. The first-order valence-corrected chi connectivity index (χ1v) is 11.0. The van der Waals surface area contributed by atoms with Gasteiger partial charge in [0.15, 0.2) is 0 Å². The van der Waals surface area contributed by atoms with Gasteiger partial charge < -0.3 is 9.97 Å². The van der Waals surface area contributed by atoms with Gasteiger partial charge in [-0.1, -0.05) is 48.5 Å². The van der Waals surface area contributed by atoms with Crippen molar-refractivity contribution in [1.29, 1.82) is 0 Å². The van der Waals surface area contributed by atoms with Gasteiger partial charge in [-0.05, 0) is 59.7 Å². The van der Waals surface area contributed by atoms with E-state index < -0.39 is 0 Å². The number of H-pyrrole nitrogens is 2. The molecule has 0 saturated carbocycles. The van der Waals surface area contributed by atoms with Crippen molar-refractivity contribution < 1.29 is 0 Å². The maximum absolute atomic E-state index is 4.54. The average molecular weight is 513 g/mol. The number of aromatic nitrogens is 4. The third-order valence-corrected chi connectivity index (χ3v) is 5.56. The molecule has 0 aliphatic carbocycles. The van der Waals surface area contributed by atoms with E-state index in [2.05, 4.69) is 54.2 Å². The first kappa shape index (κ1) is 24.9. The molecule has 0 fully saturated rings. The fourth-order valence-electron chi connectivity index (χ4n) is 3.82. The number of nitrogens with zero attached hydrogens (tertiary/aromatic N) is 4. The fraction of sp³-hybridized carbons (Fsp3) is 0. The Morgan fingerprint density at radius 3 is 1.28 bits per heavy atom. The molecule has 6 aromatic rings. The molecule has 0 aliphatic heterocycles. The number of benzene rings is 4. The van der Waals surface area contributed by atoms with Gasteiger partial charge in [0.1, 0.15) is 11.6 Å². The van der Waals surface area contributed by atoms with Crippen LogP contribution in [-0.4, -0.2) is 32.4 Å². The van der Waals surface area contributed by atoms with E-state index in [0.29, 0.717) is 0 Å². The zero-order valence-electron chi connectivity index (χ0n) is 19.0. The summed E-state index contributed by atoms with van der Waals surface area (Å²) in [4.78, 5) is 24.6. The van der Waals surface area contributed by atoms with Crippen LogP contribution in [0.4, 0.5) is 11.4 Å². The molecule has 0 spiro atoms. The number of rotatable bonds is 5. The molecule has 6 nitrogen and oxygen atoms in total. The molecule has 2 heterocycles. The molecule has 36 heavy (non-hydrogen) atoms. The summed E-state index contributed by atoms with van der Waals surface area (Å²) in [5.41, 5.74) is 7.86. The van der Waals surface area contributed by atoms with E-state index in [4.69, 9.17) is 0 Å². The second-order valence-corrected chi connectivity index (χ2v) is 7.89. The largest absolute Gasteiger partial charge is 0.337 e. The number of hydrogen-bond donors (Lipinski definition) is 2. The van der Waals surface area contributed by atoms with Crippen molar-refractivity contribution in [3.05, 3.63) is 109 Å². The van der Waals surface area contributed by atoms with Gasteiger partial charge in [-0.3, -0.25) is 9.98 Å². The van der Waals surface area contributed by atoms with Gasteiger partial charge in [-0.2, -0.15) is 0 Å². The second-order valence-electron chi connectivity index (χ2n) is 7.89. The molecule has 4 aromatic carbocycles. The number of para-hydroxylation sites is 4. The summed E-state index contributed by atoms with van der Waals surface area (Å²) in [5.74, 6) is 1.48. The van der Waals surface area contributed by atoms with Gasteiger partial charge in [0.2, 0.25) is 0 Å². The molecular formula is C28H22Cl2N6. The summed E-state index contributed by atoms with van der Waals surface area (Å²) in [6, 6.07) is 32.2. The van der Waals surface area contributed by atoms with Gasteiger partial charge in [0, 0.05) is 0 Å². The molecule has 0 radical (unpaired) electrons. The molecule has 0 atom stereocenters. The zero-order valence-corrected chi connectivity index (χ0v) is 20.6.